The molecule has 0 radical (unpaired) electrons. The van der Waals surface area contributed by atoms with Gasteiger partial charge in [0.1, 0.15) is 0 Å². The molecule has 0 spiro atoms. The first kappa shape index (κ1) is 14.1. The summed E-state index contributed by atoms with van der Waals surface area (Å²) in [5.41, 5.74) is 0. The summed E-state index contributed by atoms with van der Waals surface area (Å²) in [5.74, 6) is 1.53. The fourth-order valence-corrected chi connectivity index (χ4v) is 2.26. The molecule has 0 amide bonds. The zero-order valence-electron chi connectivity index (χ0n) is 11.5. The van der Waals surface area contributed by atoms with Gasteiger partial charge in [0.15, 0.2) is 5.82 Å². The fourth-order valence-electron chi connectivity index (χ4n) is 2.26. The lowest BCUT2D eigenvalue weighted by Gasteiger charge is -2.24. The maximum absolute atomic E-state index is 4.25. The van der Waals surface area contributed by atoms with Gasteiger partial charge in [-0.1, -0.05) is 33.1 Å². The van der Waals surface area contributed by atoms with Crippen LogP contribution in [0.25, 0.3) is 0 Å². The van der Waals surface area contributed by atoms with E-state index in [4.69, 9.17) is 0 Å². The van der Waals surface area contributed by atoms with E-state index in [-0.39, 0.29) is 0 Å². The van der Waals surface area contributed by atoms with Crippen molar-refractivity contribution < 1.29 is 0 Å². The summed E-state index contributed by atoms with van der Waals surface area (Å²) in [6.45, 7) is 4.50. The van der Waals surface area contributed by atoms with Crippen molar-refractivity contribution in [2.24, 2.45) is 13.0 Å². The third-order valence-corrected chi connectivity index (χ3v) is 3.34. The van der Waals surface area contributed by atoms with Gasteiger partial charge in [-0.2, -0.15) is 4.80 Å². The lowest BCUT2D eigenvalue weighted by Crippen LogP contribution is -2.35. The zero-order chi connectivity index (χ0) is 12.7. The van der Waals surface area contributed by atoms with E-state index >= 15 is 0 Å². The van der Waals surface area contributed by atoms with Gasteiger partial charge in [-0.05, 0) is 24.6 Å². The SMILES string of the molecule is CCCCC(CC)C(Cc1nnn(C)n1)NC. The van der Waals surface area contributed by atoms with Crippen molar-refractivity contribution in [2.75, 3.05) is 7.05 Å². The third-order valence-electron chi connectivity index (χ3n) is 3.34. The summed E-state index contributed by atoms with van der Waals surface area (Å²) in [6, 6.07) is 0.454. The highest BCUT2D eigenvalue weighted by molar-refractivity contribution is 4.87. The van der Waals surface area contributed by atoms with Crippen molar-refractivity contribution in [3.63, 3.8) is 0 Å². The van der Waals surface area contributed by atoms with Crippen molar-refractivity contribution in [2.45, 2.75) is 52.0 Å². The van der Waals surface area contributed by atoms with E-state index < -0.39 is 0 Å². The molecule has 2 atom stereocenters. The highest BCUT2D eigenvalue weighted by Crippen LogP contribution is 2.18. The second-order valence-electron chi connectivity index (χ2n) is 4.60. The van der Waals surface area contributed by atoms with Crippen molar-refractivity contribution in [1.82, 2.24) is 25.5 Å². The molecule has 1 N–H and O–H groups in total. The highest BCUT2D eigenvalue weighted by Gasteiger charge is 2.20. The van der Waals surface area contributed by atoms with E-state index in [9.17, 15) is 0 Å². The molecule has 2 unspecified atom stereocenters. The largest absolute Gasteiger partial charge is 0.316 e. The molecule has 0 aromatic carbocycles. The van der Waals surface area contributed by atoms with Gasteiger partial charge >= 0.3 is 0 Å². The molecule has 1 heterocycles. The maximum atomic E-state index is 4.25. The number of tetrazole rings is 1. The monoisotopic (exact) mass is 239 g/mol. The van der Waals surface area contributed by atoms with Crippen LogP contribution in [0.4, 0.5) is 0 Å². The summed E-state index contributed by atoms with van der Waals surface area (Å²) in [4.78, 5) is 1.52. The number of rotatable bonds is 8. The first-order valence-electron chi connectivity index (χ1n) is 6.61. The molecule has 5 heteroatoms. The third kappa shape index (κ3) is 4.42. The summed E-state index contributed by atoms with van der Waals surface area (Å²) in [6.07, 6.45) is 5.90. The van der Waals surface area contributed by atoms with Crippen LogP contribution in [0.3, 0.4) is 0 Å². The molecular formula is C12H25N5. The van der Waals surface area contributed by atoms with Gasteiger partial charge in [-0.3, -0.25) is 0 Å². The van der Waals surface area contributed by atoms with Gasteiger partial charge in [0.25, 0.3) is 0 Å². The van der Waals surface area contributed by atoms with Gasteiger partial charge in [-0.25, -0.2) is 0 Å². The van der Waals surface area contributed by atoms with Crippen LogP contribution in [0.1, 0.15) is 45.4 Å². The minimum absolute atomic E-state index is 0.454. The van der Waals surface area contributed by atoms with E-state index in [0.717, 1.165) is 12.2 Å². The smallest absolute Gasteiger partial charge is 0.176 e. The van der Waals surface area contributed by atoms with E-state index in [1.165, 1.54) is 30.5 Å². The Bertz CT molecular complexity index is 310. The van der Waals surface area contributed by atoms with Crippen LogP contribution in [0, 0.1) is 5.92 Å². The van der Waals surface area contributed by atoms with Crippen LogP contribution in [0.15, 0.2) is 0 Å². The predicted molar refractivity (Wildman–Crippen MR) is 68.7 cm³/mol. The van der Waals surface area contributed by atoms with Crippen LogP contribution in [-0.2, 0) is 13.5 Å². The Hall–Kier alpha value is -0.970. The first-order chi connectivity index (χ1) is 8.21. The van der Waals surface area contributed by atoms with Crippen LogP contribution in [0.2, 0.25) is 0 Å². The molecule has 0 bridgehead atoms. The second kappa shape index (κ2) is 7.37. The number of nitrogens with zero attached hydrogens (tertiary/aromatic N) is 4. The number of unbranched alkanes of at least 4 members (excludes halogenated alkanes) is 1. The number of hydrogen-bond donors (Lipinski definition) is 1. The minimum Gasteiger partial charge on any atom is -0.316 e. The van der Waals surface area contributed by atoms with Crippen LogP contribution >= 0.6 is 0 Å². The topological polar surface area (TPSA) is 55.6 Å². The minimum atomic E-state index is 0.454. The molecule has 0 aliphatic heterocycles. The molecule has 0 saturated heterocycles. The molecule has 0 fully saturated rings. The molecule has 1 aromatic heterocycles. The average molecular weight is 239 g/mol. The van der Waals surface area contributed by atoms with Crippen LogP contribution in [-0.4, -0.2) is 33.3 Å². The molecule has 0 aliphatic carbocycles. The molecule has 1 rings (SSSR count). The zero-order valence-corrected chi connectivity index (χ0v) is 11.5. The quantitative estimate of drug-likeness (QED) is 0.748. The number of likely N-dealkylation sites (N-methyl/N-ethyl adjacent to an activating group) is 1. The fraction of sp³-hybridized carbons (Fsp3) is 0.917. The van der Waals surface area contributed by atoms with Crippen molar-refractivity contribution >= 4 is 0 Å². The molecule has 5 nitrogen and oxygen atoms in total. The average Bonchev–Trinajstić information content (AvgIpc) is 2.74. The Labute approximate surface area is 104 Å². The van der Waals surface area contributed by atoms with Crippen molar-refractivity contribution in [3.8, 4) is 0 Å². The van der Waals surface area contributed by atoms with Gasteiger partial charge in [0.2, 0.25) is 0 Å². The molecule has 0 saturated carbocycles. The molecule has 17 heavy (non-hydrogen) atoms. The van der Waals surface area contributed by atoms with Crippen LogP contribution in [0.5, 0.6) is 0 Å². The van der Waals surface area contributed by atoms with Gasteiger partial charge < -0.3 is 5.32 Å². The number of hydrogen-bond acceptors (Lipinski definition) is 4. The second-order valence-corrected chi connectivity index (χ2v) is 4.60. The van der Waals surface area contributed by atoms with Gasteiger partial charge in [-0.15, -0.1) is 10.2 Å². The summed E-state index contributed by atoms with van der Waals surface area (Å²) in [7, 11) is 3.83. The van der Waals surface area contributed by atoms with E-state index in [1.807, 2.05) is 7.05 Å². The summed E-state index contributed by atoms with van der Waals surface area (Å²) >= 11 is 0. The number of nitrogens with one attached hydrogen (secondary N) is 1. The summed E-state index contributed by atoms with van der Waals surface area (Å²) < 4.78 is 0. The Balaban J connectivity index is 2.56. The lowest BCUT2D eigenvalue weighted by molar-refractivity contribution is 0.326. The van der Waals surface area contributed by atoms with E-state index in [1.54, 1.807) is 7.05 Å². The van der Waals surface area contributed by atoms with Crippen molar-refractivity contribution in [1.29, 1.82) is 0 Å². The normalized spacial score (nSPS) is 14.8. The Kier molecular flexibility index (Phi) is 6.11. The Morgan fingerprint density at radius 2 is 2.12 bits per heavy atom. The molecule has 98 valence electrons. The first-order valence-corrected chi connectivity index (χ1v) is 6.61. The Morgan fingerprint density at radius 1 is 1.35 bits per heavy atom. The molecule has 1 aromatic rings. The van der Waals surface area contributed by atoms with Gasteiger partial charge in [0.05, 0.1) is 7.05 Å². The summed E-state index contributed by atoms with van der Waals surface area (Å²) in [5, 5.41) is 15.6. The van der Waals surface area contributed by atoms with Crippen LogP contribution < -0.4 is 5.32 Å². The molecule has 0 aliphatic rings. The highest BCUT2D eigenvalue weighted by atomic mass is 15.6. The van der Waals surface area contributed by atoms with Crippen molar-refractivity contribution in [3.05, 3.63) is 5.82 Å². The van der Waals surface area contributed by atoms with Gasteiger partial charge in [0, 0.05) is 12.5 Å². The predicted octanol–water partition coefficient (Wildman–Crippen LogP) is 1.56. The lowest BCUT2D eigenvalue weighted by atomic mass is 9.89. The van der Waals surface area contributed by atoms with E-state index in [2.05, 4.69) is 34.6 Å². The number of aromatic nitrogens is 4. The molecular weight excluding hydrogens is 214 g/mol. The number of aryl methyl sites for hydroxylation is 1. The Morgan fingerprint density at radius 3 is 2.59 bits per heavy atom. The maximum Gasteiger partial charge on any atom is 0.176 e. The van der Waals surface area contributed by atoms with E-state index in [0.29, 0.717) is 12.0 Å². The standard InChI is InChI=1S/C12H25N5/c1-5-7-8-10(6-2)11(13-3)9-12-14-16-17(4)15-12/h10-11,13H,5-9H2,1-4H3.